The van der Waals surface area contributed by atoms with Crippen LogP contribution in [0.4, 0.5) is 0 Å². The summed E-state index contributed by atoms with van der Waals surface area (Å²) in [6.45, 7) is 0. The number of methoxy groups -OCH3 is 1. The Morgan fingerprint density at radius 2 is 2.31 bits per heavy atom. The van der Waals surface area contributed by atoms with Crippen molar-refractivity contribution in [2.75, 3.05) is 7.11 Å². The van der Waals surface area contributed by atoms with E-state index in [2.05, 4.69) is 37.9 Å². The fourth-order valence-corrected chi connectivity index (χ4v) is 4.72. The van der Waals surface area contributed by atoms with Crippen LogP contribution in [0, 0.1) is 0 Å². The predicted octanol–water partition coefficient (Wildman–Crippen LogP) is 5.56. The monoisotopic (exact) mass is 386 g/mol. The van der Waals surface area contributed by atoms with Crippen LogP contribution in [0.1, 0.15) is 35.4 Å². The van der Waals surface area contributed by atoms with E-state index in [0.29, 0.717) is 4.83 Å². The third-order valence-corrected chi connectivity index (χ3v) is 6.93. The van der Waals surface area contributed by atoms with Crippen molar-refractivity contribution in [1.29, 1.82) is 0 Å². The smallest absolute Gasteiger partial charge is 0.107 e. The number of alkyl halides is 1. The summed E-state index contributed by atoms with van der Waals surface area (Å²) in [6, 6.07) is 2.09. The summed E-state index contributed by atoms with van der Waals surface area (Å²) >= 11 is 14.8. The summed E-state index contributed by atoms with van der Waals surface area (Å²) in [6.07, 6.45) is 4.65. The highest BCUT2D eigenvalue weighted by Crippen LogP contribution is 2.47. The molecule has 1 saturated carbocycles. The molecular formula is C11H13Br2ClOS. The lowest BCUT2D eigenvalue weighted by Gasteiger charge is -2.41. The topological polar surface area (TPSA) is 9.23 Å². The molecule has 0 saturated heterocycles. The molecule has 1 aromatic rings. The van der Waals surface area contributed by atoms with Crippen LogP contribution in [0.25, 0.3) is 0 Å². The molecule has 1 unspecified atom stereocenters. The summed E-state index contributed by atoms with van der Waals surface area (Å²) in [5.74, 6) is 0. The Bertz CT molecular complexity index is 351. The number of halogens is 3. The third kappa shape index (κ3) is 2.66. The van der Waals surface area contributed by atoms with Crippen LogP contribution in [0.5, 0.6) is 0 Å². The van der Waals surface area contributed by atoms with Crippen molar-refractivity contribution < 1.29 is 4.74 Å². The Labute approximate surface area is 122 Å². The maximum atomic E-state index is 6.05. The molecule has 0 spiro atoms. The van der Waals surface area contributed by atoms with E-state index in [1.165, 1.54) is 24.1 Å². The van der Waals surface area contributed by atoms with Gasteiger partial charge in [0.05, 0.1) is 10.4 Å². The van der Waals surface area contributed by atoms with Gasteiger partial charge in [0.25, 0.3) is 0 Å². The van der Waals surface area contributed by atoms with E-state index in [-0.39, 0.29) is 5.60 Å². The van der Waals surface area contributed by atoms with Gasteiger partial charge in [0.2, 0.25) is 0 Å². The first-order valence-corrected chi connectivity index (χ1v) is 8.10. The second-order valence-corrected chi connectivity index (χ2v) is 7.83. The molecule has 1 nitrogen and oxygen atoms in total. The molecule has 0 amide bonds. The second-order valence-electron chi connectivity index (χ2n) is 4.18. The molecule has 0 radical (unpaired) electrons. The molecule has 0 N–H and O–H groups in total. The van der Waals surface area contributed by atoms with Crippen molar-refractivity contribution >= 4 is 54.8 Å². The molecule has 1 fully saturated rings. The third-order valence-electron chi connectivity index (χ3n) is 3.22. The van der Waals surface area contributed by atoms with Crippen LogP contribution < -0.4 is 0 Å². The highest BCUT2D eigenvalue weighted by atomic mass is 79.9. The van der Waals surface area contributed by atoms with Gasteiger partial charge in [-0.15, -0.1) is 11.3 Å². The molecule has 16 heavy (non-hydrogen) atoms. The number of thiophene rings is 1. The van der Waals surface area contributed by atoms with E-state index in [1.807, 2.05) is 7.11 Å². The first-order valence-electron chi connectivity index (χ1n) is 5.20. The van der Waals surface area contributed by atoms with E-state index in [4.69, 9.17) is 16.3 Å². The molecule has 5 heteroatoms. The second kappa shape index (κ2) is 5.27. The average Bonchev–Trinajstić information content (AvgIpc) is 2.53. The Morgan fingerprint density at radius 3 is 2.69 bits per heavy atom. The molecule has 90 valence electrons. The van der Waals surface area contributed by atoms with Gasteiger partial charge in [0, 0.05) is 16.5 Å². The molecule has 2 rings (SSSR count). The van der Waals surface area contributed by atoms with E-state index in [0.717, 1.165) is 15.2 Å². The first-order chi connectivity index (χ1) is 7.56. The van der Waals surface area contributed by atoms with Gasteiger partial charge in [-0.2, -0.15) is 0 Å². The maximum absolute atomic E-state index is 6.05. The van der Waals surface area contributed by atoms with Gasteiger partial charge >= 0.3 is 0 Å². The normalized spacial score (nSPS) is 20.5. The van der Waals surface area contributed by atoms with Gasteiger partial charge in [0.1, 0.15) is 4.34 Å². The van der Waals surface area contributed by atoms with Crippen LogP contribution in [-0.2, 0) is 4.74 Å². The Kier molecular flexibility index (Phi) is 4.39. The van der Waals surface area contributed by atoms with E-state index in [1.54, 1.807) is 11.3 Å². The summed E-state index contributed by atoms with van der Waals surface area (Å²) in [7, 11) is 1.82. The zero-order chi connectivity index (χ0) is 11.8. The van der Waals surface area contributed by atoms with Crippen molar-refractivity contribution in [3.8, 4) is 0 Å². The van der Waals surface area contributed by atoms with Crippen molar-refractivity contribution in [1.82, 2.24) is 0 Å². The van der Waals surface area contributed by atoms with E-state index < -0.39 is 0 Å². The lowest BCUT2D eigenvalue weighted by molar-refractivity contribution is -0.0772. The van der Waals surface area contributed by atoms with Gasteiger partial charge in [-0.25, -0.2) is 0 Å². The largest absolute Gasteiger partial charge is 0.378 e. The Morgan fingerprint density at radius 1 is 1.62 bits per heavy atom. The maximum Gasteiger partial charge on any atom is 0.107 e. The molecular weight excluding hydrogens is 375 g/mol. The summed E-state index contributed by atoms with van der Waals surface area (Å²) in [5, 5.41) is 0. The molecule has 1 aromatic heterocycles. The van der Waals surface area contributed by atoms with Gasteiger partial charge < -0.3 is 4.74 Å². The Balaban J connectivity index is 2.05. The summed E-state index contributed by atoms with van der Waals surface area (Å²) < 4.78 is 7.44. The molecule has 1 heterocycles. The van der Waals surface area contributed by atoms with E-state index >= 15 is 0 Å². The highest BCUT2D eigenvalue weighted by molar-refractivity contribution is 9.10. The van der Waals surface area contributed by atoms with Crippen molar-refractivity contribution in [2.45, 2.75) is 36.1 Å². The molecule has 1 aliphatic carbocycles. The number of hydrogen-bond donors (Lipinski definition) is 0. The van der Waals surface area contributed by atoms with Crippen LogP contribution >= 0.6 is 54.8 Å². The molecule has 0 bridgehead atoms. The van der Waals surface area contributed by atoms with Gasteiger partial charge in [-0.05, 0) is 47.7 Å². The van der Waals surface area contributed by atoms with Crippen molar-refractivity contribution in [2.24, 2.45) is 0 Å². The lowest BCUT2D eigenvalue weighted by Crippen LogP contribution is -2.39. The molecule has 0 aliphatic heterocycles. The minimum absolute atomic E-state index is 0.0944. The molecule has 0 aromatic carbocycles. The standard InChI is InChI=1S/C11H13Br2ClOS/c1-15-11(3-2-4-11)6-8(13)9-5-7(12)10(14)16-9/h5,8H,2-4,6H2,1H3. The summed E-state index contributed by atoms with van der Waals surface area (Å²) in [4.78, 5) is 1.60. The quantitative estimate of drug-likeness (QED) is 0.614. The Hall–Kier alpha value is 0.910. The van der Waals surface area contributed by atoms with Crippen molar-refractivity contribution in [3.05, 3.63) is 19.8 Å². The predicted molar refractivity (Wildman–Crippen MR) is 76.9 cm³/mol. The van der Waals surface area contributed by atoms with Crippen molar-refractivity contribution in [3.63, 3.8) is 0 Å². The lowest BCUT2D eigenvalue weighted by atomic mass is 9.76. The molecule has 1 aliphatic rings. The minimum atomic E-state index is 0.0944. The SMILES string of the molecule is COC1(CC(Br)c2cc(Br)c(Cl)s2)CCC1. The highest BCUT2D eigenvalue weighted by Gasteiger charge is 2.39. The van der Waals surface area contributed by atoms with Gasteiger partial charge in [-0.3, -0.25) is 0 Å². The summed E-state index contributed by atoms with van der Waals surface area (Å²) in [5.41, 5.74) is 0.0944. The van der Waals surface area contributed by atoms with Crippen LogP contribution in [0.2, 0.25) is 4.34 Å². The number of rotatable bonds is 4. The number of ether oxygens (including phenoxy) is 1. The van der Waals surface area contributed by atoms with Gasteiger partial charge in [0.15, 0.2) is 0 Å². The fraction of sp³-hybridized carbons (Fsp3) is 0.636. The van der Waals surface area contributed by atoms with E-state index in [9.17, 15) is 0 Å². The van der Waals surface area contributed by atoms with Crippen LogP contribution in [0.15, 0.2) is 10.5 Å². The first kappa shape index (κ1) is 13.3. The average molecular weight is 389 g/mol. The zero-order valence-corrected chi connectivity index (χ0v) is 13.7. The molecule has 1 atom stereocenters. The fourth-order valence-electron chi connectivity index (χ4n) is 2.01. The zero-order valence-electron chi connectivity index (χ0n) is 8.93. The number of hydrogen-bond acceptors (Lipinski definition) is 2. The van der Waals surface area contributed by atoms with Gasteiger partial charge in [-0.1, -0.05) is 27.5 Å². The minimum Gasteiger partial charge on any atom is -0.378 e. The van der Waals surface area contributed by atoms with Crippen LogP contribution in [0.3, 0.4) is 0 Å². The van der Waals surface area contributed by atoms with Crippen LogP contribution in [-0.4, -0.2) is 12.7 Å².